The number of hydrogen-bond donors (Lipinski definition) is 0. The Kier molecular flexibility index (Phi) is 6.77. The molecule has 0 aliphatic carbocycles. The number of benzene rings is 1. The van der Waals surface area contributed by atoms with E-state index in [0.717, 1.165) is 42.6 Å². The third-order valence-electron chi connectivity index (χ3n) is 6.16. The van der Waals surface area contributed by atoms with Crippen LogP contribution in [0.25, 0.3) is 11.1 Å². The molecule has 6 heteroatoms. The zero-order valence-electron chi connectivity index (χ0n) is 17.9. The number of pyridine rings is 1. The zero-order valence-corrected chi connectivity index (χ0v) is 17.9. The quantitative estimate of drug-likeness (QED) is 0.649. The minimum absolute atomic E-state index is 0.00713. The van der Waals surface area contributed by atoms with Gasteiger partial charge >= 0.3 is 0 Å². The van der Waals surface area contributed by atoms with Gasteiger partial charge in [-0.1, -0.05) is 36.4 Å². The Bertz CT molecular complexity index is 924. The Morgan fingerprint density at radius 3 is 2.65 bits per heavy atom. The van der Waals surface area contributed by atoms with Gasteiger partial charge in [0.2, 0.25) is 11.8 Å². The standard InChI is InChI=1S/C25H30N4O2/c1-2-11-28-14-15-29(24(30)19-27-12-3-4-13-27)23(25(28)31)17-20-7-5-8-21(16-20)22-9-6-10-26-18-22/h2,5-10,16,18,23H,1,3-4,11-15,17,19H2/t23-/m1/s1. The molecule has 0 N–H and O–H groups in total. The first-order chi connectivity index (χ1) is 15.2. The van der Waals surface area contributed by atoms with Crippen LogP contribution in [0.1, 0.15) is 18.4 Å². The maximum Gasteiger partial charge on any atom is 0.246 e. The van der Waals surface area contributed by atoms with Crippen LogP contribution in [0.15, 0.2) is 61.4 Å². The van der Waals surface area contributed by atoms with Crippen LogP contribution in [0.2, 0.25) is 0 Å². The lowest BCUT2D eigenvalue weighted by Gasteiger charge is -2.41. The van der Waals surface area contributed by atoms with E-state index in [9.17, 15) is 9.59 Å². The molecule has 2 fully saturated rings. The van der Waals surface area contributed by atoms with Crippen LogP contribution in [-0.2, 0) is 16.0 Å². The highest BCUT2D eigenvalue weighted by Gasteiger charge is 2.37. The molecule has 0 bridgehead atoms. The fraction of sp³-hybridized carbons (Fsp3) is 0.400. The van der Waals surface area contributed by atoms with Crippen molar-refractivity contribution in [3.63, 3.8) is 0 Å². The summed E-state index contributed by atoms with van der Waals surface area (Å²) in [6.07, 6.45) is 8.13. The molecule has 2 amide bonds. The predicted molar refractivity (Wildman–Crippen MR) is 121 cm³/mol. The highest BCUT2D eigenvalue weighted by Crippen LogP contribution is 2.23. The molecule has 1 atom stereocenters. The lowest BCUT2D eigenvalue weighted by atomic mass is 9.97. The molecule has 4 rings (SSSR count). The summed E-state index contributed by atoms with van der Waals surface area (Å²) in [6, 6.07) is 11.6. The second kappa shape index (κ2) is 9.88. The van der Waals surface area contributed by atoms with Gasteiger partial charge in [-0.3, -0.25) is 19.5 Å². The topological polar surface area (TPSA) is 56.8 Å². The third-order valence-corrected chi connectivity index (χ3v) is 6.16. The summed E-state index contributed by atoms with van der Waals surface area (Å²) in [5.74, 6) is 0.0645. The highest BCUT2D eigenvalue weighted by molar-refractivity contribution is 5.90. The van der Waals surface area contributed by atoms with Gasteiger partial charge in [0.15, 0.2) is 0 Å². The van der Waals surface area contributed by atoms with Crippen molar-refractivity contribution in [3.05, 3.63) is 67.0 Å². The first kappa shape index (κ1) is 21.2. The van der Waals surface area contributed by atoms with Crippen LogP contribution in [-0.4, -0.2) is 76.8 Å². The maximum absolute atomic E-state index is 13.3. The Morgan fingerprint density at radius 1 is 1.10 bits per heavy atom. The van der Waals surface area contributed by atoms with Crippen LogP contribution in [0.5, 0.6) is 0 Å². The molecule has 31 heavy (non-hydrogen) atoms. The molecule has 0 unspecified atom stereocenters. The average Bonchev–Trinajstić information content (AvgIpc) is 3.30. The number of carbonyl (C=O) groups excluding carboxylic acids is 2. The first-order valence-corrected chi connectivity index (χ1v) is 11.1. The van der Waals surface area contributed by atoms with Crippen molar-refractivity contribution in [1.29, 1.82) is 0 Å². The molecule has 6 nitrogen and oxygen atoms in total. The lowest BCUT2D eigenvalue weighted by Crippen LogP contribution is -2.60. The van der Waals surface area contributed by atoms with E-state index in [1.165, 1.54) is 0 Å². The van der Waals surface area contributed by atoms with Crippen LogP contribution < -0.4 is 0 Å². The van der Waals surface area contributed by atoms with E-state index in [4.69, 9.17) is 0 Å². The van der Waals surface area contributed by atoms with E-state index in [0.29, 0.717) is 32.6 Å². The molecule has 3 heterocycles. The van der Waals surface area contributed by atoms with Crippen LogP contribution in [0.4, 0.5) is 0 Å². The molecule has 162 valence electrons. The fourth-order valence-electron chi connectivity index (χ4n) is 4.53. The Labute approximate surface area is 184 Å². The maximum atomic E-state index is 13.3. The van der Waals surface area contributed by atoms with E-state index in [-0.39, 0.29) is 11.8 Å². The normalized spacial score (nSPS) is 19.6. The molecule has 2 saturated heterocycles. The summed E-state index contributed by atoms with van der Waals surface area (Å²) in [5.41, 5.74) is 3.14. The minimum atomic E-state index is -0.479. The van der Waals surface area contributed by atoms with E-state index < -0.39 is 6.04 Å². The van der Waals surface area contributed by atoms with Crippen molar-refractivity contribution < 1.29 is 9.59 Å². The molecule has 2 aromatic rings. The minimum Gasteiger partial charge on any atom is -0.335 e. The average molecular weight is 419 g/mol. The molecule has 2 aliphatic rings. The highest BCUT2D eigenvalue weighted by atomic mass is 16.2. The molecule has 1 aromatic heterocycles. The monoisotopic (exact) mass is 418 g/mol. The number of rotatable bonds is 7. The second-order valence-corrected chi connectivity index (χ2v) is 8.31. The number of carbonyl (C=O) groups is 2. The summed E-state index contributed by atoms with van der Waals surface area (Å²) in [5, 5.41) is 0. The van der Waals surface area contributed by atoms with Crippen molar-refractivity contribution in [2.75, 3.05) is 39.3 Å². The van der Waals surface area contributed by atoms with Crippen molar-refractivity contribution in [2.45, 2.75) is 25.3 Å². The van der Waals surface area contributed by atoms with E-state index >= 15 is 0 Å². The smallest absolute Gasteiger partial charge is 0.246 e. The number of piperazine rings is 1. The number of aromatic nitrogens is 1. The van der Waals surface area contributed by atoms with Gasteiger partial charge in [-0.05, 0) is 48.7 Å². The zero-order chi connectivity index (χ0) is 21.6. The Morgan fingerprint density at radius 2 is 1.90 bits per heavy atom. The third kappa shape index (κ3) is 5.02. The van der Waals surface area contributed by atoms with Gasteiger partial charge in [-0.15, -0.1) is 6.58 Å². The molecule has 0 spiro atoms. The van der Waals surface area contributed by atoms with Crippen molar-refractivity contribution in [3.8, 4) is 11.1 Å². The molecule has 1 aromatic carbocycles. The Balaban J connectivity index is 1.55. The fourth-order valence-corrected chi connectivity index (χ4v) is 4.53. The molecule has 0 radical (unpaired) electrons. The van der Waals surface area contributed by atoms with Crippen molar-refractivity contribution in [1.82, 2.24) is 19.7 Å². The van der Waals surface area contributed by atoms with Gasteiger partial charge in [0.05, 0.1) is 6.54 Å². The predicted octanol–water partition coefficient (Wildman–Crippen LogP) is 2.61. The summed E-state index contributed by atoms with van der Waals surface area (Å²) in [6.45, 7) is 7.76. The van der Waals surface area contributed by atoms with Gasteiger partial charge in [-0.25, -0.2) is 0 Å². The molecule has 0 saturated carbocycles. The number of nitrogens with zero attached hydrogens (tertiary/aromatic N) is 4. The van der Waals surface area contributed by atoms with Gasteiger partial charge < -0.3 is 9.80 Å². The largest absolute Gasteiger partial charge is 0.335 e. The van der Waals surface area contributed by atoms with Gasteiger partial charge in [0.25, 0.3) is 0 Å². The SMILES string of the molecule is C=CCN1CCN(C(=O)CN2CCCC2)[C@H](Cc2cccc(-c3cccnc3)c2)C1=O. The van der Waals surface area contributed by atoms with E-state index in [1.807, 2.05) is 41.4 Å². The van der Waals surface area contributed by atoms with Gasteiger partial charge in [0, 0.05) is 38.4 Å². The summed E-state index contributed by atoms with van der Waals surface area (Å²) >= 11 is 0. The van der Waals surface area contributed by atoms with Gasteiger partial charge in [-0.2, -0.15) is 0 Å². The number of amides is 2. The lowest BCUT2D eigenvalue weighted by molar-refractivity contribution is -0.151. The summed E-state index contributed by atoms with van der Waals surface area (Å²) < 4.78 is 0. The van der Waals surface area contributed by atoms with Crippen LogP contribution in [0.3, 0.4) is 0 Å². The molecular weight excluding hydrogens is 388 g/mol. The molecule has 2 aliphatic heterocycles. The summed E-state index contributed by atoms with van der Waals surface area (Å²) in [4.78, 5) is 36.4. The number of likely N-dealkylation sites (tertiary alicyclic amines) is 1. The van der Waals surface area contributed by atoms with Crippen LogP contribution >= 0.6 is 0 Å². The Hall–Kier alpha value is -2.99. The van der Waals surface area contributed by atoms with Gasteiger partial charge in [0.1, 0.15) is 6.04 Å². The van der Waals surface area contributed by atoms with E-state index in [1.54, 1.807) is 17.2 Å². The van der Waals surface area contributed by atoms with Crippen molar-refractivity contribution in [2.24, 2.45) is 0 Å². The number of hydrogen-bond acceptors (Lipinski definition) is 4. The second-order valence-electron chi connectivity index (χ2n) is 8.31. The van der Waals surface area contributed by atoms with Crippen LogP contribution in [0, 0.1) is 0 Å². The summed E-state index contributed by atoms with van der Waals surface area (Å²) in [7, 11) is 0. The molecular formula is C25H30N4O2. The van der Waals surface area contributed by atoms with E-state index in [2.05, 4.69) is 22.5 Å². The first-order valence-electron chi connectivity index (χ1n) is 11.1. The van der Waals surface area contributed by atoms with Crippen molar-refractivity contribution >= 4 is 11.8 Å².